The van der Waals surface area contributed by atoms with E-state index in [0.29, 0.717) is 6.54 Å². The van der Waals surface area contributed by atoms with Gasteiger partial charge < -0.3 is 5.73 Å². The third-order valence-corrected chi connectivity index (χ3v) is 1.91. The molecule has 74 valence electrons. The molecule has 2 heteroatoms. The molecule has 0 aromatic heterocycles. The van der Waals surface area contributed by atoms with Gasteiger partial charge in [0.25, 0.3) is 0 Å². The zero-order valence-electron chi connectivity index (χ0n) is 8.48. The Morgan fingerprint density at radius 3 is 2.64 bits per heavy atom. The number of nitrogens with two attached hydrogens (primary N) is 1. The Labute approximate surface area is 85.2 Å². The SMILES string of the molecule is CC=C(CCN)N=Cc1ccccc1. The van der Waals surface area contributed by atoms with E-state index in [1.54, 1.807) is 0 Å². The summed E-state index contributed by atoms with van der Waals surface area (Å²) in [4.78, 5) is 4.36. The molecule has 1 rings (SSSR count). The van der Waals surface area contributed by atoms with E-state index in [9.17, 15) is 0 Å². The number of rotatable bonds is 4. The lowest BCUT2D eigenvalue weighted by Crippen LogP contribution is -1.99. The fourth-order valence-corrected chi connectivity index (χ4v) is 1.13. The molecule has 0 aliphatic rings. The summed E-state index contributed by atoms with van der Waals surface area (Å²) in [5, 5.41) is 0. The second kappa shape index (κ2) is 6.11. The van der Waals surface area contributed by atoms with Crippen molar-refractivity contribution in [3.05, 3.63) is 47.7 Å². The maximum absolute atomic E-state index is 5.46. The third kappa shape index (κ3) is 3.54. The van der Waals surface area contributed by atoms with Crippen molar-refractivity contribution in [2.75, 3.05) is 6.54 Å². The first-order valence-corrected chi connectivity index (χ1v) is 4.81. The van der Waals surface area contributed by atoms with Crippen LogP contribution in [-0.4, -0.2) is 12.8 Å². The maximum atomic E-state index is 5.46. The van der Waals surface area contributed by atoms with Gasteiger partial charge in [0.15, 0.2) is 0 Å². The van der Waals surface area contributed by atoms with Crippen molar-refractivity contribution in [2.24, 2.45) is 10.7 Å². The van der Waals surface area contributed by atoms with Gasteiger partial charge in [0.2, 0.25) is 0 Å². The van der Waals surface area contributed by atoms with Gasteiger partial charge in [0, 0.05) is 18.3 Å². The Hall–Kier alpha value is -1.41. The summed E-state index contributed by atoms with van der Waals surface area (Å²) in [6, 6.07) is 10.0. The van der Waals surface area contributed by atoms with E-state index < -0.39 is 0 Å². The van der Waals surface area contributed by atoms with E-state index in [0.717, 1.165) is 17.7 Å². The van der Waals surface area contributed by atoms with Crippen molar-refractivity contribution in [3.63, 3.8) is 0 Å². The fourth-order valence-electron chi connectivity index (χ4n) is 1.13. The molecule has 0 aliphatic carbocycles. The van der Waals surface area contributed by atoms with Gasteiger partial charge in [0.05, 0.1) is 0 Å². The minimum Gasteiger partial charge on any atom is -0.330 e. The smallest absolute Gasteiger partial charge is 0.0373 e. The minimum atomic E-state index is 0.645. The van der Waals surface area contributed by atoms with Gasteiger partial charge in [-0.15, -0.1) is 0 Å². The molecule has 0 bridgehead atoms. The van der Waals surface area contributed by atoms with Crippen LogP contribution in [-0.2, 0) is 0 Å². The monoisotopic (exact) mass is 188 g/mol. The summed E-state index contributed by atoms with van der Waals surface area (Å²) in [6.07, 6.45) is 4.69. The van der Waals surface area contributed by atoms with Gasteiger partial charge in [-0.3, -0.25) is 4.99 Å². The fraction of sp³-hybridized carbons (Fsp3) is 0.250. The van der Waals surface area contributed by atoms with E-state index in [1.807, 2.05) is 49.5 Å². The van der Waals surface area contributed by atoms with Crippen LogP contribution in [0, 0.1) is 0 Å². The standard InChI is InChI=1S/C12H16N2/c1-2-12(8-9-13)14-10-11-6-4-3-5-7-11/h2-7,10H,8-9,13H2,1H3. The molecular weight excluding hydrogens is 172 g/mol. The molecule has 0 heterocycles. The summed E-state index contributed by atoms with van der Waals surface area (Å²) in [7, 11) is 0. The molecule has 2 nitrogen and oxygen atoms in total. The summed E-state index contributed by atoms with van der Waals surface area (Å²) in [5.41, 5.74) is 7.61. The highest BCUT2D eigenvalue weighted by molar-refractivity contribution is 5.80. The van der Waals surface area contributed by atoms with Gasteiger partial charge >= 0.3 is 0 Å². The largest absolute Gasteiger partial charge is 0.330 e. The minimum absolute atomic E-state index is 0.645. The predicted molar refractivity (Wildman–Crippen MR) is 61.5 cm³/mol. The first kappa shape index (κ1) is 10.7. The molecule has 0 atom stereocenters. The molecular formula is C12H16N2. The molecule has 1 aromatic rings. The Morgan fingerprint density at radius 2 is 2.07 bits per heavy atom. The third-order valence-electron chi connectivity index (χ3n) is 1.91. The van der Waals surface area contributed by atoms with Crippen LogP contribution in [0.25, 0.3) is 0 Å². The average molecular weight is 188 g/mol. The number of aliphatic imine (C=N–C) groups is 1. The van der Waals surface area contributed by atoms with E-state index in [1.165, 1.54) is 0 Å². The van der Waals surface area contributed by atoms with Crippen molar-refractivity contribution in [3.8, 4) is 0 Å². The molecule has 0 saturated carbocycles. The summed E-state index contributed by atoms with van der Waals surface area (Å²) >= 11 is 0. The molecule has 14 heavy (non-hydrogen) atoms. The summed E-state index contributed by atoms with van der Waals surface area (Å²) in [5.74, 6) is 0. The number of allylic oxidation sites excluding steroid dienone is 1. The maximum Gasteiger partial charge on any atom is 0.0373 e. The number of benzene rings is 1. The molecule has 0 spiro atoms. The first-order valence-electron chi connectivity index (χ1n) is 4.81. The van der Waals surface area contributed by atoms with Crippen LogP contribution in [0.15, 0.2) is 47.1 Å². The number of nitrogens with zero attached hydrogens (tertiary/aromatic N) is 1. The molecule has 0 saturated heterocycles. The van der Waals surface area contributed by atoms with E-state index in [4.69, 9.17) is 5.73 Å². The second-order valence-corrected chi connectivity index (χ2v) is 2.99. The van der Waals surface area contributed by atoms with Crippen LogP contribution >= 0.6 is 0 Å². The normalized spacial score (nSPS) is 12.3. The molecule has 2 N–H and O–H groups in total. The highest BCUT2D eigenvalue weighted by atomic mass is 14.7. The van der Waals surface area contributed by atoms with E-state index in [2.05, 4.69) is 4.99 Å². The quantitative estimate of drug-likeness (QED) is 0.724. The number of hydrogen-bond acceptors (Lipinski definition) is 2. The van der Waals surface area contributed by atoms with Crippen LogP contribution in [0.1, 0.15) is 18.9 Å². The molecule has 0 unspecified atom stereocenters. The molecule has 1 aromatic carbocycles. The van der Waals surface area contributed by atoms with Crippen LogP contribution < -0.4 is 5.73 Å². The first-order chi connectivity index (χ1) is 6.86. The molecule has 0 aliphatic heterocycles. The lowest BCUT2D eigenvalue weighted by Gasteiger charge is -1.97. The predicted octanol–water partition coefficient (Wildman–Crippen LogP) is 2.36. The molecule has 0 radical (unpaired) electrons. The average Bonchev–Trinajstić information content (AvgIpc) is 2.25. The van der Waals surface area contributed by atoms with Gasteiger partial charge in [-0.2, -0.15) is 0 Å². The van der Waals surface area contributed by atoms with Crippen LogP contribution in [0.4, 0.5) is 0 Å². The van der Waals surface area contributed by atoms with Crippen molar-refractivity contribution in [2.45, 2.75) is 13.3 Å². The molecule has 0 fully saturated rings. The van der Waals surface area contributed by atoms with Gasteiger partial charge in [0.1, 0.15) is 0 Å². The van der Waals surface area contributed by atoms with Gasteiger partial charge in [-0.25, -0.2) is 0 Å². The van der Waals surface area contributed by atoms with Crippen molar-refractivity contribution in [1.29, 1.82) is 0 Å². The Bertz CT molecular complexity index is 312. The van der Waals surface area contributed by atoms with Crippen LogP contribution in [0.2, 0.25) is 0 Å². The Balaban J connectivity index is 2.63. The van der Waals surface area contributed by atoms with Crippen molar-refractivity contribution in [1.82, 2.24) is 0 Å². The molecule has 0 amide bonds. The summed E-state index contributed by atoms with van der Waals surface area (Å²) < 4.78 is 0. The Morgan fingerprint density at radius 1 is 1.36 bits per heavy atom. The Kier molecular flexibility index (Phi) is 4.65. The van der Waals surface area contributed by atoms with Gasteiger partial charge in [-0.05, 0) is 19.0 Å². The van der Waals surface area contributed by atoms with E-state index in [-0.39, 0.29) is 0 Å². The highest BCUT2D eigenvalue weighted by Gasteiger charge is 1.89. The van der Waals surface area contributed by atoms with Crippen LogP contribution in [0.5, 0.6) is 0 Å². The topological polar surface area (TPSA) is 38.4 Å². The lowest BCUT2D eigenvalue weighted by atomic mass is 10.2. The van der Waals surface area contributed by atoms with Gasteiger partial charge in [-0.1, -0.05) is 36.4 Å². The number of hydrogen-bond donors (Lipinski definition) is 1. The summed E-state index contributed by atoms with van der Waals surface area (Å²) in [6.45, 7) is 2.62. The van der Waals surface area contributed by atoms with Crippen LogP contribution in [0.3, 0.4) is 0 Å². The van der Waals surface area contributed by atoms with Crippen molar-refractivity contribution < 1.29 is 0 Å². The second-order valence-electron chi connectivity index (χ2n) is 2.99. The lowest BCUT2D eigenvalue weighted by molar-refractivity contribution is 0.935. The highest BCUT2D eigenvalue weighted by Crippen LogP contribution is 2.02. The zero-order chi connectivity index (χ0) is 10.2. The van der Waals surface area contributed by atoms with E-state index >= 15 is 0 Å². The zero-order valence-corrected chi connectivity index (χ0v) is 8.48. The van der Waals surface area contributed by atoms with Crippen molar-refractivity contribution >= 4 is 6.21 Å².